The minimum atomic E-state index is -0.621. The number of esters is 1. The normalized spacial score (nSPS) is 10.8. The molecule has 0 aliphatic rings. The summed E-state index contributed by atoms with van der Waals surface area (Å²) < 4.78 is 11.7. The van der Waals surface area contributed by atoms with Gasteiger partial charge in [0.2, 0.25) is 0 Å². The van der Waals surface area contributed by atoms with E-state index < -0.39 is 11.7 Å². The third kappa shape index (κ3) is 4.25. The van der Waals surface area contributed by atoms with Crippen LogP contribution in [0.4, 0.5) is 5.69 Å². The lowest BCUT2D eigenvalue weighted by Crippen LogP contribution is -2.26. The number of oxazole rings is 1. The standard InChI is InChI=1S/C24H20N2O5/c1-16-7-9-17(10-8-16)23(28)25(2)18-11-13-19(14-12-18)30-22(27)15-26-20-5-3-4-6-21(20)31-24(26)29/h3-14H,15H2,1-2H3. The van der Waals surface area contributed by atoms with E-state index in [1.54, 1.807) is 67.7 Å². The molecule has 4 rings (SSSR count). The molecule has 31 heavy (non-hydrogen) atoms. The van der Waals surface area contributed by atoms with Gasteiger partial charge in [-0.1, -0.05) is 29.8 Å². The van der Waals surface area contributed by atoms with Gasteiger partial charge in [0.1, 0.15) is 12.3 Å². The fourth-order valence-corrected chi connectivity index (χ4v) is 3.20. The molecule has 0 N–H and O–H groups in total. The molecule has 0 saturated carbocycles. The topological polar surface area (TPSA) is 81.8 Å². The number of rotatable bonds is 5. The van der Waals surface area contributed by atoms with Crippen molar-refractivity contribution in [2.45, 2.75) is 13.5 Å². The van der Waals surface area contributed by atoms with Gasteiger partial charge >= 0.3 is 11.7 Å². The molecule has 0 saturated heterocycles. The van der Waals surface area contributed by atoms with Gasteiger partial charge in [-0.3, -0.25) is 9.36 Å². The summed E-state index contributed by atoms with van der Waals surface area (Å²) in [5, 5.41) is 0. The van der Waals surface area contributed by atoms with Crippen molar-refractivity contribution >= 4 is 28.7 Å². The van der Waals surface area contributed by atoms with E-state index in [4.69, 9.17) is 9.15 Å². The zero-order valence-corrected chi connectivity index (χ0v) is 17.1. The number of hydrogen-bond acceptors (Lipinski definition) is 5. The van der Waals surface area contributed by atoms with Gasteiger partial charge < -0.3 is 14.1 Å². The Labute approximate surface area is 178 Å². The maximum atomic E-state index is 12.6. The SMILES string of the molecule is Cc1ccc(C(=O)N(C)c2ccc(OC(=O)Cn3c(=O)oc4ccccc43)cc2)cc1. The number of anilines is 1. The molecule has 4 aromatic rings. The molecular weight excluding hydrogens is 396 g/mol. The summed E-state index contributed by atoms with van der Waals surface area (Å²) in [4.78, 5) is 38.5. The third-order valence-electron chi connectivity index (χ3n) is 4.92. The minimum Gasteiger partial charge on any atom is -0.425 e. The highest BCUT2D eigenvalue weighted by Gasteiger charge is 2.16. The van der Waals surface area contributed by atoms with Gasteiger partial charge in [-0.15, -0.1) is 0 Å². The quantitative estimate of drug-likeness (QED) is 0.365. The molecule has 0 bridgehead atoms. The summed E-state index contributed by atoms with van der Waals surface area (Å²) in [5.74, 6) is -1.06. The molecule has 0 aliphatic heterocycles. The van der Waals surface area contributed by atoms with Crippen LogP contribution in [0, 0.1) is 6.92 Å². The van der Waals surface area contributed by atoms with Crippen LogP contribution < -0.4 is 15.4 Å². The first-order valence-corrected chi connectivity index (χ1v) is 9.66. The second-order valence-corrected chi connectivity index (χ2v) is 7.12. The van der Waals surface area contributed by atoms with E-state index in [1.807, 2.05) is 19.1 Å². The fourth-order valence-electron chi connectivity index (χ4n) is 3.20. The third-order valence-corrected chi connectivity index (χ3v) is 4.92. The number of nitrogens with zero attached hydrogens (tertiary/aromatic N) is 2. The predicted molar refractivity (Wildman–Crippen MR) is 116 cm³/mol. The smallest absolute Gasteiger partial charge is 0.420 e. The van der Waals surface area contributed by atoms with E-state index in [2.05, 4.69) is 0 Å². The molecule has 7 heteroatoms. The van der Waals surface area contributed by atoms with Gasteiger partial charge in [0.05, 0.1) is 5.52 Å². The molecule has 3 aromatic carbocycles. The van der Waals surface area contributed by atoms with Gasteiger partial charge in [-0.2, -0.15) is 0 Å². The van der Waals surface area contributed by atoms with E-state index in [1.165, 1.54) is 9.47 Å². The highest BCUT2D eigenvalue weighted by molar-refractivity contribution is 6.05. The molecule has 7 nitrogen and oxygen atoms in total. The van der Waals surface area contributed by atoms with E-state index >= 15 is 0 Å². The number of carbonyl (C=O) groups is 2. The molecule has 0 radical (unpaired) electrons. The number of benzene rings is 3. The van der Waals surface area contributed by atoms with Crippen LogP contribution in [0.5, 0.6) is 5.75 Å². The Morgan fingerprint density at radius 3 is 2.35 bits per heavy atom. The number of ether oxygens (including phenoxy) is 1. The number of hydrogen-bond donors (Lipinski definition) is 0. The maximum Gasteiger partial charge on any atom is 0.420 e. The van der Waals surface area contributed by atoms with E-state index in [9.17, 15) is 14.4 Å². The van der Waals surface area contributed by atoms with Crippen LogP contribution in [0.1, 0.15) is 15.9 Å². The van der Waals surface area contributed by atoms with Crippen LogP contribution in [-0.4, -0.2) is 23.5 Å². The van der Waals surface area contributed by atoms with Crippen LogP contribution in [-0.2, 0) is 11.3 Å². The number of aryl methyl sites for hydroxylation is 1. The molecule has 1 amide bonds. The van der Waals surface area contributed by atoms with Crippen LogP contribution in [0.3, 0.4) is 0 Å². The number of para-hydroxylation sites is 2. The highest BCUT2D eigenvalue weighted by atomic mass is 16.5. The Bertz CT molecular complexity index is 1300. The van der Waals surface area contributed by atoms with Crippen molar-refractivity contribution < 1.29 is 18.7 Å². The second-order valence-electron chi connectivity index (χ2n) is 7.12. The van der Waals surface area contributed by atoms with Crippen LogP contribution in [0.15, 0.2) is 82.0 Å². The highest BCUT2D eigenvalue weighted by Crippen LogP contribution is 2.21. The average molecular weight is 416 g/mol. The first kappa shape index (κ1) is 20.2. The van der Waals surface area contributed by atoms with Gasteiger partial charge in [0.15, 0.2) is 5.58 Å². The summed E-state index contributed by atoms with van der Waals surface area (Å²) >= 11 is 0. The second kappa shape index (κ2) is 8.31. The summed E-state index contributed by atoms with van der Waals surface area (Å²) in [6, 6.07) is 20.8. The molecule has 0 aliphatic carbocycles. The Kier molecular flexibility index (Phi) is 5.41. The van der Waals surface area contributed by atoms with E-state index in [0.29, 0.717) is 28.1 Å². The van der Waals surface area contributed by atoms with Crippen molar-refractivity contribution in [1.29, 1.82) is 0 Å². The zero-order chi connectivity index (χ0) is 22.0. The van der Waals surface area contributed by atoms with Crippen molar-refractivity contribution in [1.82, 2.24) is 4.57 Å². The minimum absolute atomic E-state index is 0.143. The van der Waals surface area contributed by atoms with Crippen molar-refractivity contribution in [3.8, 4) is 5.75 Å². The lowest BCUT2D eigenvalue weighted by molar-refractivity contribution is -0.135. The van der Waals surface area contributed by atoms with Crippen molar-refractivity contribution in [3.05, 3.63) is 94.5 Å². The lowest BCUT2D eigenvalue weighted by atomic mass is 10.1. The summed E-state index contributed by atoms with van der Waals surface area (Å²) in [7, 11) is 1.68. The summed E-state index contributed by atoms with van der Waals surface area (Å²) in [6.45, 7) is 1.69. The van der Waals surface area contributed by atoms with Crippen LogP contribution >= 0.6 is 0 Å². The lowest BCUT2D eigenvalue weighted by Gasteiger charge is -2.18. The van der Waals surface area contributed by atoms with Gasteiger partial charge in [-0.05, 0) is 55.5 Å². The van der Waals surface area contributed by atoms with Gasteiger partial charge in [-0.25, -0.2) is 9.59 Å². The molecule has 0 fully saturated rings. The number of carbonyl (C=O) groups excluding carboxylic acids is 2. The first-order valence-electron chi connectivity index (χ1n) is 9.66. The largest absolute Gasteiger partial charge is 0.425 e. The Balaban J connectivity index is 1.43. The summed E-state index contributed by atoms with van der Waals surface area (Å²) in [6.07, 6.45) is 0. The number of fused-ring (bicyclic) bond motifs is 1. The molecule has 1 aromatic heterocycles. The van der Waals surface area contributed by atoms with Crippen LogP contribution in [0.25, 0.3) is 11.1 Å². The Morgan fingerprint density at radius 1 is 0.968 bits per heavy atom. The van der Waals surface area contributed by atoms with E-state index in [0.717, 1.165) is 5.56 Å². The predicted octanol–water partition coefficient (Wildman–Crippen LogP) is 3.79. The zero-order valence-electron chi connectivity index (χ0n) is 17.1. The monoisotopic (exact) mass is 416 g/mol. The maximum absolute atomic E-state index is 12.6. The van der Waals surface area contributed by atoms with Gasteiger partial charge in [0, 0.05) is 18.3 Å². The van der Waals surface area contributed by atoms with Crippen LogP contribution in [0.2, 0.25) is 0 Å². The molecule has 0 spiro atoms. The van der Waals surface area contributed by atoms with E-state index in [-0.39, 0.29) is 12.5 Å². The molecule has 1 heterocycles. The Hall–Kier alpha value is -4.13. The number of amides is 1. The first-order chi connectivity index (χ1) is 14.9. The van der Waals surface area contributed by atoms with Gasteiger partial charge in [0.25, 0.3) is 5.91 Å². The molecule has 156 valence electrons. The van der Waals surface area contributed by atoms with Crippen molar-refractivity contribution in [2.75, 3.05) is 11.9 Å². The molecule has 0 atom stereocenters. The van der Waals surface area contributed by atoms with Crippen molar-refractivity contribution in [2.24, 2.45) is 0 Å². The average Bonchev–Trinajstić information content (AvgIpc) is 3.09. The molecule has 0 unspecified atom stereocenters. The van der Waals surface area contributed by atoms with Crippen molar-refractivity contribution in [3.63, 3.8) is 0 Å². The Morgan fingerprint density at radius 2 is 1.65 bits per heavy atom. The summed E-state index contributed by atoms with van der Waals surface area (Å²) in [5.41, 5.74) is 3.25. The number of aromatic nitrogens is 1. The fraction of sp³-hybridized carbons (Fsp3) is 0.125. The molecular formula is C24H20N2O5.